The Morgan fingerprint density at radius 1 is 1.10 bits per heavy atom. The minimum atomic E-state index is -0.105. The number of hydrogen-bond acceptors (Lipinski definition) is 3. The molecule has 168 valence electrons. The van der Waals surface area contributed by atoms with E-state index in [0.717, 1.165) is 55.8 Å². The number of rotatable bonds is 5. The van der Waals surface area contributed by atoms with Crippen molar-refractivity contribution in [1.29, 1.82) is 0 Å². The molecule has 4 rings (SSSR count). The van der Waals surface area contributed by atoms with E-state index in [2.05, 4.69) is 41.8 Å². The Morgan fingerprint density at radius 2 is 1.84 bits per heavy atom. The molecule has 2 N–H and O–H groups in total. The van der Waals surface area contributed by atoms with E-state index >= 15 is 0 Å². The Morgan fingerprint density at radius 3 is 2.61 bits per heavy atom. The lowest BCUT2D eigenvalue weighted by Crippen LogP contribution is -2.43. The Labute approximate surface area is 207 Å². The molecule has 31 heavy (non-hydrogen) atoms. The number of benzene rings is 2. The topological polar surface area (TPSA) is 54.9 Å². The molecule has 0 spiro atoms. The third kappa shape index (κ3) is 5.65. The molecule has 2 aliphatic rings. The molecule has 2 heterocycles. The molecule has 0 amide bonds. The summed E-state index contributed by atoms with van der Waals surface area (Å²) in [6, 6.07) is 16.6. The van der Waals surface area contributed by atoms with Gasteiger partial charge in [0.1, 0.15) is 5.75 Å². The molecule has 0 aromatic heterocycles. The van der Waals surface area contributed by atoms with Crippen molar-refractivity contribution in [3.8, 4) is 5.75 Å². The van der Waals surface area contributed by atoms with Crippen LogP contribution in [0.1, 0.15) is 43.4 Å². The number of hydrogen-bond donors (Lipinski definition) is 2. The zero-order valence-electron chi connectivity index (χ0n) is 17.9. The van der Waals surface area contributed by atoms with Crippen molar-refractivity contribution in [2.75, 3.05) is 32.9 Å². The highest BCUT2D eigenvalue weighted by molar-refractivity contribution is 14.0. The predicted octanol–water partition coefficient (Wildman–Crippen LogP) is 5.09. The van der Waals surface area contributed by atoms with Crippen molar-refractivity contribution in [2.45, 2.75) is 37.6 Å². The normalized spacial score (nSPS) is 20.1. The third-order valence-corrected chi connectivity index (χ3v) is 6.38. The second kappa shape index (κ2) is 11.4. The van der Waals surface area contributed by atoms with E-state index in [9.17, 15) is 0 Å². The van der Waals surface area contributed by atoms with Gasteiger partial charge in [-0.15, -0.1) is 24.0 Å². The lowest BCUT2D eigenvalue weighted by Gasteiger charge is -2.37. The number of halogens is 2. The molecule has 2 aliphatic heterocycles. The molecular formula is C24H31ClIN3O2. The minimum Gasteiger partial charge on any atom is -0.493 e. The van der Waals surface area contributed by atoms with E-state index in [-0.39, 0.29) is 35.4 Å². The average molecular weight is 556 g/mol. The second-order valence-corrected chi connectivity index (χ2v) is 8.35. The molecular weight excluding hydrogens is 525 g/mol. The monoisotopic (exact) mass is 555 g/mol. The first kappa shape index (κ1) is 24.1. The van der Waals surface area contributed by atoms with E-state index in [4.69, 9.17) is 26.1 Å². The summed E-state index contributed by atoms with van der Waals surface area (Å²) in [5.74, 6) is 1.78. The van der Waals surface area contributed by atoms with Crippen molar-refractivity contribution >= 4 is 41.5 Å². The van der Waals surface area contributed by atoms with E-state index in [1.165, 1.54) is 11.1 Å². The van der Waals surface area contributed by atoms with Crippen molar-refractivity contribution in [2.24, 2.45) is 4.99 Å². The van der Waals surface area contributed by atoms with Crippen molar-refractivity contribution in [3.63, 3.8) is 0 Å². The first-order valence-electron chi connectivity index (χ1n) is 10.8. The van der Waals surface area contributed by atoms with Gasteiger partial charge in [0, 0.05) is 42.2 Å². The molecule has 1 atom stereocenters. The number of ether oxygens (including phenoxy) is 2. The summed E-state index contributed by atoms with van der Waals surface area (Å²) in [6.07, 6.45) is 2.74. The molecule has 7 heteroatoms. The van der Waals surface area contributed by atoms with Gasteiger partial charge < -0.3 is 20.1 Å². The number of fused-ring (bicyclic) bond motifs is 1. The molecule has 0 radical (unpaired) electrons. The van der Waals surface area contributed by atoms with Gasteiger partial charge in [-0.05, 0) is 37.5 Å². The maximum atomic E-state index is 6.60. The predicted molar refractivity (Wildman–Crippen MR) is 137 cm³/mol. The van der Waals surface area contributed by atoms with Gasteiger partial charge in [-0.3, -0.25) is 4.99 Å². The number of nitrogens with one attached hydrogen (secondary N) is 2. The fourth-order valence-electron chi connectivity index (χ4n) is 4.37. The van der Waals surface area contributed by atoms with Crippen LogP contribution < -0.4 is 15.4 Å². The van der Waals surface area contributed by atoms with Crippen molar-refractivity contribution in [1.82, 2.24) is 10.6 Å². The Bertz CT molecular complexity index is 887. The molecule has 0 aliphatic carbocycles. The minimum absolute atomic E-state index is 0. The smallest absolute Gasteiger partial charge is 0.191 e. The summed E-state index contributed by atoms with van der Waals surface area (Å²) < 4.78 is 11.5. The fourth-order valence-corrected chi connectivity index (χ4v) is 4.71. The zero-order valence-corrected chi connectivity index (χ0v) is 21.0. The summed E-state index contributed by atoms with van der Waals surface area (Å²) >= 11 is 6.60. The van der Waals surface area contributed by atoms with E-state index in [0.29, 0.717) is 13.2 Å². The molecule has 0 saturated carbocycles. The Hall–Kier alpha value is -1.51. The van der Waals surface area contributed by atoms with Crippen LogP contribution in [0.4, 0.5) is 0 Å². The number of nitrogens with zero attached hydrogens (tertiary/aromatic N) is 1. The standard InChI is InChI=1S/C24H30ClN3O2.HI/c1-2-26-23(28-21-11-14-30-22-10-6-3-7-18(21)22)27-17-24(12-15-29-16-13-24)19-8-4-5-9-20(19)25;/h3-10,21H,2,11-17H2,1H3,(H2,26,27,28);1H. The van der Waals surface area contributed by atoms with E-state index in [1.807, 2.05) is 24.3 Å². The van der Waals surface area contributed by atoms with Crippen LogP contribution in [0.5, 0.6) is 5.75 Å². The average Bonchev–Trinajstić information content (AvgIpc) is 2.79. The Balaban J connectivity index is 0.00000272. The number of para-hydroxylation sites is 1. The summed E-state index contributed by atoms with van der Waals surface area (Å²) in [5, 5.41) is 7.86. The van der Waals surface area contributed by atoms with Crippen LogP contribution in [-0.4, -0.2) is 38.9 Å². The zero-order chi connectivity index (χ0) is 20.8. The van der Waals surface area contributed by atoms with Crippen molar-refractivity contribution < 1.29 is 9.47 Å². The largest absolute Gasteiger partial charge is 0.493 e. The van der Waals surface area contributed by atoms with Crippen LogP contribution >= 0.6 is 35.6 Å². The maximum absolute atomic E-state index is 6.60. The van der Waals surface area contributed by atoms with Crippen LogP contribution in [0.3, 0.4) is 0 Å². The van der Waals surface area contributed by atoms with Gasteiger partial charge >= 0.3 is 0 Å². The summed E-state index contributed by atoms with van der Waals surface area (Å²) in [4.78, 5) is 5.03. The Kier molecular flexibility index (Phi) is 8.86. The molecule has 1 fully saturated rings. The van der Waals surface area contributed by atoms with Crippen LogP contribution in [0, 0.1) is 0 Å². The number of aliphatic imine (C=N–C) groups is 1. The first-order valence-corrected chi connectivity index (χ1v) is 11.2. The van der Waals surface area contributed by atoms with Crippen LogP contribution in [0.25, 0.3) is 0 Å². The van der Waals surface area contributed by atoms with Gasteiger partial charge in [-0.25, -0.2) is 0 Å². The van der Waals surface area contributed by atoms with E-state index < -0.39 is 0 Å². The van der Waals surface area contributed by atoms with Crippen LogP contribution in [-0.2, 0) is 10.2 Å². The van der Waals surface area contributed by atoms with Gasteiger partial charge in [-0.2, -0.15) is 0 Å². The molecule has 0 bridgehead atoms. The maximum Gasteiger partial charge on any atom is 0.191 e. The summed E-state index contributed by atoms with van der Waals surface area (Å²) in [7, 11) is 0. The lowest BCUT2D eigenvalue weighted by molar-refractivity contribution is 0.0531. The molecule has 1 unspecified atom stereocenters. The highest BCUT2D eigenvalue weighted by Crippen LogP contribution is 2.39. The highest BCUT2D eigenvalue weighted by atomic mass is 127. The second-order valence-electron chi connectivity index (χ2n) is 7.94. The molecule has 5 nitrogen and oxygen atoms in total. The lowest BCUT2D eigenvalue weighted by atomic mass is 9.74. The van der Waals surface area contributed by atoms with Gasteiger partial charge in [0.2, 0.25) is 0 Å². The highest BCUT2D eigenvalue weighted by Gasteiger charge is 2.36. The third-order valence-electron chi connectivity index (χ3n) is 6.05. The number of guanidine groups is 1. The van der Waals surface area contributed by atoms with Gasteiger partial charge in [-0.1, -0.05) is 48.0 Å². The fraction of sp³-hybridized carbons (Fsp3) is 0.458. The quantitative estimate of drug-likeness (QED) is 0.307. The van der Waals surface area contributed by atoms with E-state index in [1.54, 1.807) is 0 Å². The first-order chi connectivity index (χ1) is 14.7. The van der Waals surface area contributed by atoms with Crippen LogP contribution in [0.2, 0.25) is 5.02 Å². The van der Waals surface area contributed by atoms with Gasteiger partial charge in [0.25, 0.3) is 0 Å². The molecule has 2 aromatic carbocycles. The molecule has 2 aromatic rings. The summed E-state index contributed by atoms with van der Waals surface area (Å²) in [6.45, 7) is 5.73. The SMILES string of the molecule is CCNC(=NCC1(c2ccccc2Cl)CCOCC1)NC1CCOc2ccccc21.I. The van der Waals surface area contributed by atoms with Gasteiger partial charge in [0.15, 0.2) is 5.96 Å². The van der Waals surface area contributed by atoms with Gasteiger partial charge in [0.05, 0.1) is 19.2 Å². The molecule has 1 saturated heterocycles. The van der Waals surface area contributed by atoms with Crippen LogP contribution in [0.15, 0.2) is 53.5 Å². The summed E-state index contributed by atoms with van der Waals surface area (Å²) in [5.41, 5.74) is 2.25. The van der Waals surface area contributed by atoms with Crippen molar-refractivity contribution in [3.05, 3.63) is 64.7 Å².